The van der Waals surface area contributed by atoms with E-state index >= 15 is 0 Å². The van der Waals surface area contributed by atoms with Gasteiger partial charge in [0.25, 0.3) is 0 Å². The molecule has 0 amide bonds. The second-order valence-electron chi connectivity index (χ2n) is 7.97. The van der Waals surface area contributed by atoms with Gasteiger partial charge in [-0.25, -0.2) is 0 Å². The first-order chi connectivity index (χ1) is 15.0. The van der Waals surface area contributed by atoms with Gasteiger partial charge < -0.3 is 20.1 Å². The molecule has 3 aromatic rings. The molecule has 1 aliphatic carbocycles. The average Bonchev–Trinajstić information content (AvgIpc) is 3.16. The first-order valence-electron chi connectivity index (χ1n) is 9.89. The van der Waals surface area contributed by atoms with E-state index in [0.29, 0.717) is 16.1 Å². The van der Waals surface area contributed by atoms with Crippen LogP contribution in [0.3, 0.4) is 0 Å². The molecule has 0 radical (unpaired) electrons. The van der Waals surface area contributed by atoms with Crippen LogP contribution in [-0.2, 0) is 11.2 Å². The Hall–Kier alpha value is -2.95. The molecular formula is C24H19ClN2O4. The molecule has 5 atom stereocenters. The number of nitriles is 1. The maximum Gasteiger partial charge on any atom is 0.181 e. The first kappa shape index (κ1) is 20.0. The number of nitrogens with zero attached hydrogens (tertiary/aromatic N) is 2. The molecule has 5 rings (SSSR count). The van der Waals surface area contributed by atoms with Crippen LogP contribution < -0.4 is 4.74 Å². The zero-order valence-corrected chi connectivity index (χ0v) is 17.1. The van der Waals surface area contributed by atoms with Gasteiger partial charge in [0, 0.05) is 30.7 Å². The van der Waals surface area contributed by atoms with Gasteiger partial charge >= 0.3 is 0 Å². The van der Waals surface area contributed by atoms with E-state index in [1.807, 2.05) is 30.3 Å². The molecule has 2 aliphatic rings. The Labute approximate surface area is 184 Å². The van der Waals surface area contributed by atoms with Gasteiger partial charge in [-0.05, 0) is 23.3 Å². The van der Waals surface area contributed by atoms with Crippen LogP contribution in [0.15, 0.2) is 66.9 Å². The lowest BCUT2D eigenvalue weighted by atomic mass is 9.71. The molecule has 2 aromatic carbocycles. The van der Waals surface area contributed by atoms with Crippen molar-refractivity contribution >= 4 is 11.6 Å². The van der Waals surface area contributed by atoms with Crippen molar-refractivity contribution < 1.29 is 20.1 Å². The summed E-state index contributed by atoms with van der Waals surface area (Å²) < 4.78 is 6.48. The Bertz CT molecular complexity index is 1180. The molecule has 0 spiro atoms. The van der Waals surface area contributed by atoms with E-state index < -0.39 is 29.1 Å². The van der Waals surface area contributed by atoms with Gasteiger partial charge in [-0.2, -0.15) is 5.26 Å². The molecule has 1 fully saturated rings. The third-order valence-corrected chi connectivity index (χ3v) is 6.74. The summed E-state index contributed by atoms with van der Waals surface area (Å²) >= 11 is 6.14. The predicted octanol–water partition coefficient (Wildman–Crippen LogP) is 2.85. The average molecular weight is 435 g/mol. The summed E-state index contributed by atoms with van der Waals surface area (Å²) in [5.41, 5.74) is -1.46. The summed E-state index contributed by atoms with van der Waals surface area (Å²) in [6, 6.07) is 19.7. The molecule has 0 saturated heterocycles. The van der Waals surface area contributed by atoms with E-state index in [1.165, 1.54) is 6.20 Å². The maximum absolute atomic E-state index is 12.1. The van der Waals surface area contributed by atoms with Gasteiger partial charge in [0.05, 0.1) is 22.8 Å². The normalized spacial score (nSPS) is 30.9. The summed E-state index contributed by atoms with van der Waals surface area (Å²) in [5, 5.41) is 43.4. The van der Waals surface area contributed by atoms with Crippen molar-refractivity contribution in [3.8, 4) is 11.8 Å². The number of halogens is 1. The van der Waals surface area contributed by atoms with Crippen LogP contribution in [0.5, 0.6) is 5.75 Å². The minimum Gasteiger partial charge on any atom is -0.476 e. The van der Waals surface area contributed by atoms with E-state index in [0.717, 1.165) is 5.56 Å². The number of benzene rings is 2. The molecule has 156 valence electrons. The second kappa shape index (κ2) is 7.04. The number of aromatic nitrogens is 1. The van der Waals surface area contributed by atoms with Crippen molar-refractivity contribution in [2.75, 3.05) is 6.61 Å². The van der Waals surface area contributed by atoms with E-state index in [-0.39, 0.29) is 18.1 Å². The number of aliphatic hydroxyl groups is 3. The molecule has 1 saturated carbocycles. The summed E-state index contributed by atoms with van der Waals surface area (Å²) in [6.45, 7) is -0.368. The van der Waals surface area contributed by atoms with Crippen molar-refractivity contribution in [3.05, 3.63) is 94.3 Å². The first-order valence-corrected chi connectivity index (χ1v) is 10.3. The van der Waals surface area contributed by atoms with E-state index in [9.17, 15) is 20.6 Å². The molecule has 31 heavy (non-hydrogen) atoms. The van der Waals surface area contributed by atoms with E-state index in [1.54, 1.807) is 30.3 Å². The lowest BCUT2D eigenvalue weighted by Crippen LogP contribution is -2.52. The Morgan fingerprint density at radius 3 is 2.48 bits per heavy atom. The SMILES string of the molecule is N#Cc1ccc([C@@]23Oc4cc(Cl)cnc4[C@]2(O)[C@H](O)[C@H](CO)[C@H]3c2ccccc2)cc1. The van der Waals surface area contributed by atoms with Crippen LogP contribution in [0.4, 0.5) is 0 Å². The molecule has 6 nitrogen and oxygen atoms in total. The van der Waals surface area contributed by atoms with Crippen molar-refractivity contribution in [2.45, 2.75) is 23.2 Å². The van der Waals surface area contributed by atoms with Crippen LogP contribution in [0.1, 0.15) is 28.3 Å². The molecular weight excluding hydrogens is 416 g/mol. The minimum absolute atomic E-state index is 0.172. The van der Waals surface area contributed by atoms with Crippen LogP contribution in [0.25, 0.3) is 0 Å². The lowest BCUT2D eigenvalue weighted by molar-refractivity contribution is -0.154. The van der Waals surface area contributed by atoms with Gasteiger partial charge in [-0.1, -0.05) is 54.1 Å². The largest absolute Gasteiger partial charge is 0.476 e. The summed E-state index contributed by atoms with van der Waals surface area (Å²) in [6.07, 6.45) is 0.0286. The van der Waals surface area contributed by atoms with Crippen molar-refractivity contribution in [3.63, 3.8) is 0 Å². The lowest BCUT2D eigenvalue weighted by Gasteiger charge is -2.40. The van der Waals surface area contributed by atoms with Gasteiger partial charge in [-0.3, -0.25) is 4.98 Å². The van der Waals surface area contributed by atoms with Crippen molar-refractivity contribution in [1.82, 2.24) is 4.98 Å². The van der Waals surface area contributed by atoms with Crippen LogP contribution >= 0.6 is 11.6 Å². The summed E-state index contributed by atoms with van der Waals surface area (Å²) in [4.78, 5) is 4.32. The van der Waals surface area contributed by atoms with Gasteiger partial charge in [0.15, 0.2) is 11.2 Å². The molecule has 3 N–H and O–H groups in total. The molecule has 1 aromatic heterocycles. The fourth-order valence-corrected chi connectivity index (χ4v) is 5.41. The molecule has 7 heteroatoms. The van der Waals surface area contributed by atoms with E-state index in [4.69, 9.17) is 16.3 Å². The zero-order chi connectivity index (χ0) is 21.8. The molecule has 0 bridgehead atoms. The second-order valence-corrected chi connectivity index (χ2v) is 8.41. The van der Waals surface area contributed by atoms with Gasteiger partial charge in [0.1, 0.15) is 11.4 Å². The van der Waals surface area contributed by atoms with Gasteiger partial charge in [-0.15, -0.1) is 0 Å². The van der Waals surface area contributed by atoms with Crippen molar-refractivity contribution in [2.24, 2.45) is 5.92 Å². The Morgan fingerprint density at radius 2 is 1.84 bits per heavy atom. The number of fused-ring (bicyclic) bond motifs is 3. The Morgan fingerprint density at radius 1 is 1.13 bits per heavy atom. The highest BCUT2D eigenvalue weighted by Gasteiger charge is 2.76. The topological polar surface area (TPSA) is 107 Å². The monoisotopic (exact) mass is 434 g/mol. The highest BCUT2D eigenvalue weighted by molar-refractivity contribution is 6.30. The molecule has 0 unspecified atom stereocenters. The third-order valence-electron chi connectivity index (χ3n) is 6.53. The number of hydrogen-bond acceptors (Lipinski definition) is 6. The predicted molar refractivity (Wildman–Crippen MR) is 112 cm³/mol. The summed E-state index contributed by atoms with van der Waals surface area (Å²) in [5.74, 6) is -1.07. The minimum atomic E-state index is -1.95. The van der Waals surface area contributed by atoms with Crippen LogP contribution in [-0.4, -0.2) is 33.0 Å². The molecule has 2 heterocycles. The fourth-order valence-electron chi connectivity index (χ4n) is 5.26. The van der Waals surface area contributed by atoms with Crippen molar-refractivity contribution in [1.29, 1.82) is 5.26 Å². The number of rotatable bonds is 3. The number of hydrogen-bond donors (Lipinski definition) is 3. The quantitative estimate of drug-likeness (QED) is 0.585. The number of ether oxygens (including phenoxy) is 1. The van der Waals surface area contributed by atoms with Gasteiger partial charge in [0.2, 0.25) is 0 Å². The standard InChI is InChI=1S/C24H19ClN2O4/c25-17-10-19-21(27-12-17)23(30)22(29)18(13-28)20(15-4-2-1-3-5-15)24(23,31-19)16-8-6-14(11-26)7-9-16/h1-10,12,18,20,22,28-30H,13H2/t18-,20-,22-,23+,24+/m1/s1. The van der Waals surface area contributed by atoms with Crippen LogP contribution in [0, 0.1) is 17.2 Å². The Kier molecular flexibility index (Phi) is 4.54. The highest BCUT2D eigenvalue weighted by atomic mass is 35.5. The Balaban J connectivity index is 1.84. The molecule has 1 aliphatic heterocycles. The fraction of sp³-hybridized carbons (Fsp3) is 0.250. The van der Waals surface area contributed by atoms with Crippen LogP contribution in [0.2, 0.25) is 5.02 Å². The number of aliphatic hydroxyl groups excluding tert-OH is 2. The zero-order valence-electron chi connectivity index (χ0n) is 16.3. The smallest absolute Gasteiger partial charge is 0.181 e. The maximum atomic E-state index is 12.1. The number of pyridine rings is 1. The van der Waals surface area contributed by atoms with E-state index in [2.05, 4.69) is 11.1 Å². The summed E-state index contributed by atoms with van der Waals surface area (Å²) in [7, 11) is 0. The third kappa shape index (κ3) is 2.52. The highest BCUT2D eigenvalue weighted by Crippen LogP contribution is 2.67.